The van der Waals surface area contributed by atoms with Crippen LogP contribution in [0.1, 0.15) is 30.5 Å². The summed E-state index contributed by atoms with van der Waals surface area (Å²) >= 11 is 0. The van der Waals surface area contributed by atoms with Crippen LogP contribution in [0.4, 0.5) is 0 Å². The van der Waals surface area contributed by atoms with Crippen LogP contribution in [0.3, 0.4) is 0 Å². The number of fused-ring (bicyclic) bond motifs is 1. The van der Waals surface area contributed by atoms with Gasteiger partial charge in [0.2, 0.25) is 11.7 Å². The Morgan fingerprint density at radius 1 is 1.20 bits per heavy atom. The number of hydrogen-bond acceptors (Lipinski definition) is 8. The van der Waals surface area contributed by atoms with Crippen LogP contribution in [0.15, 0.2) is 40.9 Å². The molecule has 0 bridgehead atoms. The van der Waals surface area contributed by atoms with Crippen LogP contribution in [0.5, 0.6) is 5.75 Å². The molecular formula is C26H29N5O4. The first kappa shape index (κ1) is 24.4. The number of ether oxygens (including phenoxy) is 1. The standard InChI is InChI=1S/C26H29N5O4/c1-17(2)34-23-6-5-21(14-22(23)15-27)26-29-25(30-35-26)20-4-3-18-7-10-31(11-8-19(18)13-20)24(33)16-28-9-12-32/h3-6,13-14,17,28,32H,7-12,16H2,1-2H3. The van der Waals surface area contributed by atoms with Crippen molar-refractivity contribution in [2.45, 2.75) is 32.8 Å². The van der Waals surface area contributed by atoms with Crippen LogP contribution in [0, 0.1) is 11.3 Å². The maximum atomic E-state index is 12.4. The smallest absolute Gasteiger partial charge is 0.258 e. The number of aliphatic hydroxyl groups is 1. The second kappa shape index (κ2) is 11.1. The Kier molecular flexibility index (Phi) is 7.75. The third-order valence-electron chi connectivity index (χ3n) is 5.82. The molecule has 182 valence electrons. The van der Waals surface area contributed by atoms with E-state index < -0.39 is 0 Å². The van der Waals surface area contributed by atoms with Crippen LogP contribution in [0.2, 0.25) is 0 Å². The Morgan fingerprint density at radius 2 is 1.97 bits per heavy atom. The van der Waals surface area contributed by atoms with Crippen LogP contribution in [-0.2, 0) is 17.6 Å². The molecule has 2 heterocycles. The van der Waals surface area contributed by atoms with E-state index in [4.69, 9.17) is 14.4 Å². The first-order valence-electron chi connectivity index (χ1n) is 11.7. The molecule has 1 aromatic heterocycles. The number of nitrogens with one attached hydrogen (secondary N) is 1. The van der Waals surface area contributed by atoms with E-state index in [-0.39, 0.29) is 25.2 Å². The van der Waals surface area contributed by atoms with Crippen LogP contribution < -0.4 is 10.1 Å². The van der Waals surface area contributed by atoms with Gasteiger partial charge in [0, 0.05) is 30.8 Å². The van der Waals surface area contributed by atoms with Crippen LogP contribution in [0.25, 0.3) is 22.8 Å². The van der Waals surface area contributed by atoms with Gasteiger partial charge in [-0.2, -0.15) is 10.2 Å². The summed E-state index contributed by atoms with van der Waals surface area (Å²) in [4.78, 5) is 18.9. The van der Waals surface area contributed by atoms with E-state index in [0.29, 0.717) is 48.2 Å². The minimum absolute atomic E-state index is 0.0106. The normalized spacial score (nSPS) is 13.3. The van der Waals surface area contributed by atoms with Crippen molar-refractivity contribution in [2.24, 2.45) is 0 Å². The monoisotopic (exact) mass is 475 g/mol. The van der Waals surface area contributed by atoms with Crippen molar-refractivity contribution in [1.29, 1.82) is 5.26 Å². The van der Waals surface area contributed by atoms with E-state index in [1.54, 1.807) is 18.2 Å². The number of nitrogens with zero attached hydrogens (tertiary/aromatic N) is 4. The molecule has 2 aromatic carbocycles. The fourth-order valence-electron chi connectivity index (χ4n) is 4.06. The highest BCUT2D eigenvalue weighted by molar-refractivity contribution is 5.78. The molecule has 9 nitrogen and oxygen atoms in total. The van der Waals surface area contributed by atoms with E-state index in [9.17, 15) is 10.1 Å². The largest absolute Gasteiger partial charge is 0.490 e. The van der Waals surface area contributed by atoms with Gasteiger partial charge in [-0.1, -0.05) is 17.3 Å². The van der Waals surface area contributed by atoms with Gasteiger partial charge in [-0.3, -0.25) is 4.79 Å². The zero-order valence-corrected chi connectivity index (χ0v) is 20.0. The Morgan fingerprint density at radius 3 is 2.71 bits per heavy atom. The molecule has 0 saturated carbocycles. The van der Waals surface area contributed by atoms with E-state index in [2.05, 4.69) is 33.7 Å². The molecule has 0 radical (unpaired) electrons. The van der Waals surface area contributed by atoms with Crippen molar-refractivity contribution in [3.8, 4) is 34.7 Å². The Labute approximate surface area is 204 Å². The first-order chi connectivity index (χ1) is 17.0. The third-order valence-corrected chi connectivity index (χ3v) is 5.82. The molecule has 1 amide bonds. The van der Waals surface area contributed by atoms with Crippen molar-refractivity contribution in [3.05, 3.63) is 53.1 Å². The van der Waals surface area contributed by atoms with Crippen molar-refractivity contribution in [1.82, 2.24) is 20.4 Å². The highest BCUT2D eigenvalue weighted by Crippen LogP contribution is 2.29. The molecule has 0 unspecified atom stereocenters. The minimum Gasteiger partial charge on any atom is -0.490 e. The Hall–Kier alpha value is -3.74. The number of hydrogen-bond donors (Lipinski definition) is 2. The van der Waals surface area contributed by atoms with Crippen LogP contribution >= 0.6 is 0 Å². The lowest BCUT2D eigenvalue weighted by molar-refractivity contribution is -0.130. The fraction of sp³-hybridized carbons (Fsp3) is 0.385. The quantitative estimate of drug-likeness (QED) is 0.477. The van der Waals surface area contributed by atoms with Gasteiger partial charge in [-0.25, -0.2) is 0 Å². The third kappa shape index (κ3) is 5.85. The van der Waals surface area contributed by atoms with Crippen LogP contribution in [-0.4, -0.2) is 64.9 Å². The minimum atomic E-state index is -0.0377. The molecule has 35 heavy (non-hydrogen) atoms. The molecule has 0 spiro atoms. The lowest BCUT2D eigenvalue weighted by Crippen LogP contribution is -2.40. The predicted molar refractivity (Wildman–Crippen MR) is 130 cm³/mol. The number of aliphatic hydroxyl groups excluding tert-OH is 1. The summed E-state index contributed by atoms with van der Waals surface area (Å²) in [6.07, 6.45) is 1.48. The molecule has 4 rings (SSSR count). The number of nitriles is 1. The maximum Gasteiger partial charge on any atom is 0.258 e. The number of benzene rings is 2. The molecule has 0 atom stereocenters. The summed E-state index contributed by atoms with van der Waals surface area (Å²) in [6, 6.07) is 13.5. The predicted octanol–water partition coefficient (Wildman–Crippen LogP) is 2.57. The fourth-order valence-corrected chi connectivity index (χ4v) is 4.06. The first-order valence-corrected chi connectivity index (χ1v) is 11.7. The number of amides is 1. The number of carbonyl (C=O) groups excluding carboxylic acids is 1. The van der Waals surface area contributed by atoms with Gasteiger partial charge in [0.25, 0.3) is 5.89 Å². The summed E-state index contributed by atoms with van der Waals surface area (Å²) in [7, 11) is 0. The van der Waals surface area contributed by atoms with Crippen molar-refractivity contribution in [3.63, 3.8) is 0 Å². The average molecular weight is 476 g/mol. The molecule has 1 aliphatic rings. The summed E-state index contributed by atoms with van der Waals surface area (Å²) in [5.74, 6) is 1.35. The summed E-state index contributed by atoms with van der Waals surface area (Å²) in [5.41, 5.74) is 4.26. The summed E-state index contributed by atoms with van der Waals surface area (Å²) in [6.45, 7) is 5.76. The van der Waals surface area contributed by atoms with Gasteiger partial charge >= 0.3 is 0 Å². The molecule has 0 saturated heterocycles. The number of aromatic nitrogens is 2. The molecular weight excluding hydrogens is 446 g/mol. The van der Waals surface area contributed by atoms with Crippen molar-refractivity contribution < 1.29 is 19.2 Å². The lowest BCUT2D eigenvalue weighted by atomic mass is 10.00. The van der Waals surface area contributed by atoms with E-state index in [1.807, 2.05) is 24.8 Å². The molecule has 9 heteroatoms. The highest BCUT2D eigenvalue weighted by atomic mass is 16.5. The highest BCUT2D eigenvalue weighted by Gasteiger charge is 2.20. The van der Waals surface area contributed by atoms with Gasteiger partial charge in [-0.15, -0.1) is 0 Å². The van der Waals surface area contributed by atoms with E-state index in [1.165, 1.54) is 5.56 Å². The van der Waals surface area contributed by atoms with Gasteiger partial charge in [0.05, 0.1) is 24.8 Å². The Balaban J connectivity index is 1.49. The zero-order chi connectivity index (χ0) is 24.8. The SMILES string of the molecule is CC(C)Oc1ccc(-c2nc(-c3ccc4c(c3)CCN(C(=O)CNCCO)CC4)no2)cc1C#N. The van der Waals surface area contributed by atoms with Gasteiger partial charge < -0.3 is 24.6 Å². The molecule has 2 N–H and O–H groups in total. The van der Waals surface area contributed by atoms with E-state index >= 15 is 0 Å². The van der Waals surface area contributed by atoms with Gasteiger partial charge in [-0.05, 0) is 62.1 Å². The lowest BCUT2D eigenvalue weighted by Gasteiger charge is -2.20. The van der Waals surface area contributed by atoms with Crippen molar-refractivity contribution >= 4 is 5.91 Å². The second-order valence-electron chi connectivity index (χ2n) is 8.68. The molecule has 0 aliphatic carbocycles. The zero-order valence-electron chi connectivity index (χ0n) is 20.0. The van der Waals surface area contributed by atoms with Gasteiger partial charge in [0.1, 0.15) is 11.8 Å². The summed E-state index contributed by atoms with van der Waals surface area (Å²) < 4.78 is 11.2. The molecule has 3 aromatic rings. The average Bonchev–Trinajstić information content (AvgIpc) is 3.25. The number of carbonyl (C=O) groups is 1. The van der Waals surface area contributed by atoms with Gasteiger partial charge in [0.15, 0.2) is 0 Å². The Bertz CT molecular complexity index is 1230. The van der Waals surface area contributed by atoms with E-state index in [0.717, 1.165) is 24.0 Å². The molecule has 1 aliphatic heterocycles. The second-order valence-corrected chi connectivity index (χ2v) is 8.68. The molecule has 0 fully saturated rings. The topological polar surface area (TPSA) is 125 Å². The number of rotatable bonds is 8. The summed E-state index contributed by atoms with van der Waals surface area (Å²) in [5, 5.41) is 25.5. The maximum absolute atomic E-state index is 12.4. The van der Waals surface area contributed by atoms with Crippen molar-refractivity contribution in [2.75, 3.05) is 32.8 Å².